The van der Waals surface area contributed by atoms with Crippen molar-refractivity contribution in [1.29, 1.82) is 0 Å². The molecule has 0 aliphatic carbocycles. The first-order valence-corrected chi connectivity index (χ1v) is 10.1. The number of fused-ring (bicyclic) bond motifs is 1. The maximum absolute atomic E-state index is 14.2. The third-order valence-corrected chi connectivity index (χ3v) is 5.82. The predicted molar refractivity (Wildman–Crippen MR) is 117 cm³/mol. The zero-order valence-electron chi connectivity index (χ0n) is 16.8. The smallest absolute Gasteiger partial charge is 0.332 e. The van der Waals surface area contributed by atoms with Gasteiger partial charge >= 0.3 is 5.69 Å². The average molecular weight is 464 g/mol. The molecule has 154 valence electrons. The quantitative estimate of drug-likeness (QED) is 0.627. The number of hydrogen-bond acceptors (Lipinski definition) is 5. The summed E-state index contributed by atoms with van der Waals surface area (Å²) in [4.78, 5) is 32.3. The van der Waals surface area contributed by atoms with Crippen LogP contribution in [0.4, 0.5) is 10.2 Å². The normalized spacial score (nSPS) is 11.3. The Morgan fingerprint density at radius 3 is 2.41 bits per heavy atom. The fourth-order valence-corrected chi connectivity index (χ4v) is 4.02. The van der Waals surface area contributed by atoms with Crippen molar-refractivity contribution >= 4 is 32.8 Å². The van der Waals surface area contributed by atoms with Crippen molar-refractivity contribution in [3.05, 3.63) is 54.9 Å². The summed E-state index contributed by atoms with van der Waals surface area (Å²) < 4.78 is 17.1. The van der Waals surface area contributed by atoms with Crippen LogP contribution in [0.2, 0.25) is 0 Å². The molecule has 0 saturated carbocycles. The van der Waals surface area contributed by atoms with Crippen molar-refractivity contribution in [2.24, 2.45) is 19.8 Å². The highest BCUT2D eigenvalue weighted by molar-refractivity contribution is 9.10. The molecule has 1 aromatic carbocycles. The van der Waals surface area contributed by atoms with Crippen molar-refractivity contribution in [1.82, 2.24) is 14.1 Å². The van der Waals surface area contributed by atoms with Crippen LogP contribution in [-0.2, 0) is 20.6 Å². The molecule has 2 aromatic heterocycles. The van der Waals surface area contributed by atoms with E-state index < -0.39 is 17.1 Å². The van der Waals surface area contributed by atoms with Gasteiger partial charge in [0.2, 0.25) is 0 Å². The van der Waals surface area contributed by atoms with Crippen LogP contribution in [0.25, 0.3) is 22.2 Å². The molecule has 3 rings (SSSR count). The zero-order chi connectivity index (χ0) is 21.5. The number of anilines is 1. The molecule has 0 radical (unpaired) electrons. The summed E-state index contributed by atoms with van der Waals surface area (Å²) in [6.45, 7) is 5.38. The van der Waals surface area contributed by atoms with E-state index in [1.807, 2.05) is 18.7 Å². The summed E-state index contributed by atoms with van der Waals surface area (Å²) in [5.41, 5.74) is 6.98. The van der Waals surface area contributed by atoms with E-state index in [2.05, 4.69) is 20.9 Å². The summed E-state index contributed by atoms with van der Waals surface area (Å²) in [6, 6.07) is 4.27. The fourth-order valence-electron chi connectivity index (χ4n) is 3.58. The molecule has 2 heterocycles. The van der Waals surface area contributed by atoms with Gasteiger partial charge in [-0.15, -0.1) is 0 Å². The highest BCUT2D eigenvalue weighted by Gasteiger charge is 2.24. The van der Waals surface area contributed by atoms with Crippen molar-refractivity contribution in [2.45, 2.75) is 20.4 Å². The van der Waals surface area contributed by atoms with Crippen LogP contribution in [-0.4, -0.2) is 27.2 Å². The molecule has 7 nitrogen and oxygen atoms in total. The van der Waals surface area contributed by atoms with Crippen molar-refractivity contribution < 1.29 is 4.39 Å². The van der Waals surface area contributed by atoms with Gasteiger partial charge in [0.05, 0.1) is 5.39 Å². The Morgan fingerprint density at radius 2 is 1.83 bits per heavy atom. The Labute approximate surface area is 175 Å². The highest BCUT2D eigenvalue weighted by atomic mass is 79.9. The molecule has 0 atom stereocenters. The van der Waals surface area contributed by atoms with E-state index in [4.69, 9.17) is 5.73 Å². The van der Waals surface area contributed by atoms with Crippen LogP contribution in [0, 0.1) is 5.82 Å². The lowest BCUT2D eigenvalue weighted by Crippen LogP contribution is -2.38. The third-order valence-electron chi connectivity index (χ3n) is 5.13. The van der Waals surface area contributed by atoms with Gasteiger partial charge in [0, 0.05) is 54.9 Å². The maximum atomic E-state index is 14.2. The summed E-state index contributed by atoms with van der Waals surface area (Å²) in [5, 5.41) is 0.234. The lowest BCUT2D eigenvalue weighted by molar-refractivity contribution is 0.628. The minimum absolute atomic E-state index is 0.0963. The Morgan fingerprint density at radius 1 is 1.17 bits per heavy atom. The minimum atomic E-state index is -0.498. The molecule has 0 amide bonds. The largest absolute Gasteiger partial charge is 0.357 e. The van der Waals surface area contributed by atoms with Crippen molar-refractivity contribution in [3.8, 4) is 11.1 Å². The highest BCUT2D eigenvalue weighted by Crippen LogP contribution is 2.38. The number of benzene rings is 1. The molecule has 0 fully saturated rings. The van der Waals surface area contributed by atoms with Crippen molar-refractivity contribution in [3.63, 3.8) is 0 Å². The van der Waals surface area contributed by atoms with Crippen LogP contribution >= 0.6 is 15.9 Å². The second-order valence-electron chi connectivity index (χ2n) is 6.69. The Balaban J connectivity index is 2.68. The molecule has 0 unspecified atom stereocenters. The molecule has 0 saturated heterocycles. The topological polar surface area (TPSA) is 86.2 Å². The molecule has 0 aliphatic rings. The van der Waals surface area contributed by atoms with Crippen LogP contribution in [0.15, 0.2) is 32.3 Å². The molecular weight excluding hydrogens is 441 g/mol. The van der Waals surface area contributed by atoms with E-state index in [0.29, 0.717) is 40.1 Å². The van der Waals surface area contributed by atoms with E-state index in [0.717, 1.165) is 4.57 Å². The number of nitrogens with two attached hydrogens (primary N) is 1. The number of hydrogen-bond donors (Lipinski definition) is 1. The molecule has 0 bridgehead atoms. The van der Waals surface area contributed by atoms with Gasteiger partial charge in [0.25, 0.3) is 5.56 Å². The number of aryl methyl sites for hydroxylation is 1. The van der Waals surface area contributed by atoms with E-state index in [1.165, 1.54) is 23.7 Å². The zero-order valence-corrected chi connectivity index (χ0v) is 18.4. The molecular formula is C20H23BrFN5O2. The number of nitrogens with zero attached hydrogens (tertiary/aromatic N) is 4. The van der Waals surface area contributed by atoms with Gasteiger partial charge < -0.3 is 10.6 Å². The lowest BCUT2D eigenvalue weighted by Gasteiger charge is -2.26. The van der Waals surface area contributed by atoms with E-state index in [-0.39, 0.29) is 17.6 Å². The van der Waals surface area contributed by atoms with Crippen LogP contribution in [0.3, 0.4) is 0 Å². The van der Waals surface area contributed by atoms with Gasteiger partial charge in [-0.05, 0) is 32.0 Å². The minimum Gasteiger partial charge on any atom is -0.357 e. The first kappa shape index (κ1) is 21.2. The van der Waals surface area contributed by atoms with Gasteiger partial charge in [-0.25, -0.2) is 14.2 Å². The maximum Gasteiger partial charge on any atom is 0.332 e. The molecule has 9 heteroatoms. The summed E-state index contributed by atoms with van der Waals surface area (Å²) in [5.74, 6) is 0.140. The Hall–Kier alpha value is -2.52. The first-order chi connectivity index (χ1) is 13.8. The van der Waals surface area contributed by atoms with Crippen LogP contribution in [0.5, 0.6) is 0 Å². The summed E-state index contributed by atoms with van der Waals surface area (Å²) in [7, 11) is 2.98. The summed E-state index contributed by atoms with van der Waals surface area (Å²) in [6.07, 6.45) is 0. The van der Waals surface area contributed by atoms with Crippen molar-refractivity contribution in [2.75, 3.05) is 18.0 Å². The molecule has 2 N–H and O–H groups in total. The third kappa shape index (κ3) is 3.38. The number of pyridine rings is 1. The second-order valence-corrected chi connectivity index (χ2v) is 7.55. The monoisotopic (exact) mass is 463 g/mol. The standard InChI is InChI=1S/C20H23BrFN5O2/c1-5-27(6-2)17-13(10-23)15(12-9-11(22)7-8-14(12)21)16-18(24-17)25(3)20(29)26(4)19(16)28/h7-9H,5-6,10,23H2,1-4H3. The lowest BCUT2D eigenvalue weighted by atomic mass is 9.96. The summed E-state index contributed by atoms with van der Waals surface area (Å²) >= 11 is 3.47. The average Bonchev–Trinajstić information content (AvgIpc) is 2.72. The second kappa shape index (κ2) is 8.08. The SMILES string of the molecule is CCN(CC)c1nc2c(c(-c3cc(F)ccc3Br)c1CN)c(=O)n(C)c(=O)n2C. The number of rotatable bonds is 5. The van der Waals surface area contributed by atoms with E-state index >= 15 is 0 Å². The van der Waals surface area contributed by atoms with E-state index in [9.17, 15) is 14.0 Å². The Kier molecular flexibility index (Phi) is 5.90. The van der Waals surface area contributed by atoms with Gasteiger partial charge in [0.1, 0.15) is 11.6 Å². The van der Waals surface area contributed by atoms with Gasteiger partial charge in [0.15, 0.2) is 5.65 Å². The predicted octanol–water partition coefficient (Wildman–Crippen LogP) is 2.51. The van der Waals surface area contributed by atoms with Crippen LogP contribution in [0.1, 0.15) is 19.4 Å². The fraction of sp³-hybridized carbons (Fsp3) is 0.350. The van der Waals surface area contributed by atoms with Crippen LogP contribution < -0.4 is 21.9 Å². The molecule has 0 aliphatic heterocycles. The first-order valence-electron chi connectivity index (χ1n) is 9.29. The van der Waals surface area contributed by atoms with E-state index in [1.54, 1.807) is 13.1 Å². The van der Waals surface area contributed by atoms with Gasteiger partial charge in [-0.3, -0.25) is 13.9 Å². The number of aromatic nitrogens is 3. The van der Waals surface area contributed by atoms with Gasteiger partial charge in [-0.1, -0.05) is 15.9 Å². The molecule has 0 spiro atoms. The Bertz CT molecular complexity index is 1210. The molecule has 29 heavy (non-hydrogen) atoms. The number of halogens is 2. The van der Waals surface area contributed by atoms with Gasteiger partial charge in [-0.2, -0.15) is 0 Å². The molecule has 3 aromatic rings.